The van der Waals surface area contributed by atoms with E-state index < -0.39 is 26.0 Å². The molecule has 2 atom stereocenters. The summed E-state index contributed by atoms with van der Waals surface area (Å²) in [5.74, 6) is 0.112. The number of hydrogen-bond donors (Lipinski definition) is 1. The van der Waals surface area contributed by atoms with Crippen LogP contribution in [-0.4, -0.2) is 68.7 Å². The molecule has 1 aliphatic heterocycles. The van der Waals surface area contributed by atoms with Crippen LogP contribution in [0.1, 0.15) is 30.6 Å². The predicted molar refractivity (Wildman–Crippen MR) is 137 cm³/mol. The van der Waals surface area contributed by atoms with E-state index in [1.54, 1.807) is 0 Å². The van der Waals surface area contributed by atoms with Gasteiger partial charge in [-0.15, -0.1) is 5.10 Å². The largest absolute Gasteiger partial charge is 0.403 e. The van der Waals surface area contributed by atoms with Crippen LogP contribution in [0.2, 0.25) is 0 Å². The molecule has 2 unspecified atom stereocenters. The maximum atomic E-state index is 13.1. The number of nitrogens with one attached hydrogen (secondary N) is 1. The van der Waals surface area contributed by atoms with E-state index in [1.165, 1.54) is 66.9 Å². The Kier molecular flexibility index (Phi) is 7.51. The molecule has 4 rings (SSSR count). The van der Waals surface area contributed by atoms with Crippen molar-refractivity contribution in [1.82, 2.24) is 18.8 Å². The van der Waals surface area contributed by atoms with Crippen LogP contribution in [0.15, 0.2) is 62.7 Å². The fourth-order valence-corrected chi connectivity index (χ4v) is 6.85. The highest BCUT2D eigenvalue weighted by molar-refractivity contribution is 7.89. The van der Waals surface area contributed by atoms with Gasteiger partial charge >= 0.3 is 6.01 Å². The Labute approximate surface area is 216 Å². The molecule has 1 aliphatic rings. The molecule has 198 valence electrons. The van der Waals surface area contributed by atoms with Gasteiger partial charge in [0.05, 0.1) is 9.79 Å². The third kappa shape index (κ3) is 5.74. The zero-order chi connectivity index (χ0) is 27.0. The topological polar surface area (TPSA) is 143 Å². The number of piperidine rings is 1. The van der Waals surface area contributed by atoms with Gasteiger partial charge in [0.15, 0.2) is 0 Å². The second-order valence-electron chi connectivity index (χ2n) is 9.47. The van der Waals surface area contributed by atoms with Gasteiger partial charge in [-0.2, -0.15) is 4.31 Å². The Hall–Kier alpha value is -3.13. The molecule has 0 aliphatic carbocycles. The minimum absolute atomic E-state index is 0.0931. The average Bonchev–Trinajstić information content (AvgIpc) is 3.32. The first-order valence-electron chi connectivity index (χ1n) is 11.7. The lowest BCUT2D eigenvalue weighted by atomic mass is 9.94. The number of rotatable bonds is 7. The zero-order valence-corrected chi connectivity index (χ0v) is 22.6. The monoisotopic (exact) mass is 547 g/mol. The quantitative estimate of drug-likeness (QED) is 0.476. The standard InChI is InChI=1S/C24H29N5O6S2/c1-16-13-17(2)15-29(14-16)37(33,34)21-9-5-18(6-10-21)22(30)25-24-27-26-23(35-24)19-7-11-20(12-8-19)36(31,32)28(3)4/h5-12,16-17H,13-15H2,1-4H3,(H,25,27,30). The third-order valence-corrected chi connectivity index (χ3v) is 9.79. The summed E-state index contributed by atoms with van der Waals surface area (Å²) >= 11 is 0. The molecule has 0 spiro atoms. The predicted octanol–water partition coefficient (Wildman–Crippen LogP) is 2.91. The van der Waals surface area contributed by atoms with Crippen molar-refractivity contribution in [3.8, 4) is 11.5 Å². The molecule has 37 heavy (non-hydrogen) atoms. The number of benzene rings is 2. The minimum Gasteiger partial charge on any atom is -0.403 e. The first-order valence-corrected chi connectivity index (χ1v) is 14.5. The smallest absolute Gasteiger partial charge is 0.322 e. The summed E-state index contributed by atoms with van der Waals surface area (Å²) in [6.07, 6.45) is 0.992. The van der Waals surface area contributed by atoms with Crippen molar-refractivity contribution in [3.63, 3.8) is 0 Å². The highest BCUT2D eigenvalue weighted by Gasteiger charge is 2.31. The van der Waals surface area contributed by atoms with Crippen molar-refractivity contribution in [3.05, 3.63) is 54.1 Å². The van der Waals surface area contributed by atoms with Gasteiger partial charge in [-0.1, -0.05) is 18.9 Å². The summed E-state index contributed by atoms with van der Waals surface area (Å²) in [4.78, 5) is 12.9. The lowest BCUT2D eigenvalue weighted by Gasteiger charge is -2.34. The van der Waals surface area contributed by atoms with Gasteiger partial charge < -0.3 is 4.42 Å². The number of anilines is 1. The van der Waals surface area contributed by atoms with Gasteiger partial charge in [0.2, 0.25) is 25.9 Å². The van der Waals surface area contributed by atoms with E-state index in [0.29, 0.717) is 18.7 Å². The van der Waals surface area contributed by atoms with Gasteiger partial charge in [0.25, 0.3) is 5.91 Å². The first kappa shape index (κ1) is 26.9. The Bertz CT molecular complexity index is 1470. The van der Waals surface area contributed by atoms with E-state index in [2.05, 4.69) is 15.5 Å². The molecule has 1 aromatic heterocycles. The van der Waals surface area contributed by atoms with Gasteiger partial charge in [0.1, 0.15) is 0 Å². The van der Waals surface area contributed by atoms with Crippen LogP contribution < -0.4 is 5.32 Å². The lowest BCUT2D eigenvalue weighted by molar-refractivity contribution is 0.102. The Morgan fingerprint density at radius 2 is 1.49 bits per heavy atom. The summed E-state index contributed by atoms with van der Waals surface area (Å²) < 4.78 is 58.6. The minimum atomic E-state index is -3.65. The van der Waals surface area contributed by atoms with E-state index in [0.717, 1.165) is 10.7 Å². The molecule has 0 saturated carbocycles. The molecular formula is C24H29N5O6S2. The number of sulfonamides is 2. The van der Waals surface area contributed by atoms with Gasteiger partial charge in [-0.3, -0.25) is 10.1 Å². The molecular weight excluding hydrogens is 518 g/mol. The molecule has 1 N–H and O–H groups in total. The Morgan fingerprint density at radius 3 is 2.05 bits per heavy atom. The van der Waals surface area contributed by atoms with Crippen molar-refractivity contribution >= 4 is 32.0 Å². The molecule has 3 aromatic rings. The van der Waals surface area contributed by atoms with Crippen molar-refractivity contribution in [2.45, 2.75) is 30.1 Å². The SMILES string of the molecule is CC1CC(C)CN(S(=O)(=O)c2ccc(C(=O)Nc3nnc(-c4ccc(S(=O)(=O)N(C)C)cc4)o3)cc2)C1. The maximum Gasteiger partial charge on any atom is 0.322 e. The van der Waals surface area contributed by atoms with Crippen LogP contribution in [-0.2, 0) is 20.0 Å². The zero-order valence-electron chi connectivity index (χ0n) is 20.9. The number of aromatic nitrogens is 2. The molecule has 1 saturated heterocycles. The van der Waals surface area contributed by atoms with Crippen LogP contribution in [0, 0.1) is 11.8 Å². The highest BCUT2D eigenvalue weighted by atomic mass is 32.2. The molecule has 13 heteroatoms. The molecule has 0 radical (unpaired) electrons. The van der Waals surface area contributed by atoms with Gasteiger partial charge in [-0.05, 0) is 66.8 Å². The highest BCUT2D eigenvalue weighted by Crippen LogP contribution is 2.27. The van der Waals surface area contributed by atoms with Crippen molar-refractivity contribution in [2.75, 3.05) is 32.5 Å². The van der Waals surface area contributed by atoms with Crippen LogP contribution in [0.4, 0.5) is 6.01 Å². The van der Waals surface area contributed by atoms with Crippen LogP contribution >= 0.6 is 0 Å². The average molecular weight is 548 g/mol. The van der Waals surface area contributed by atoms with E-state index in [-0.39, 0.29) is 39.1 Å². The van der Waals surface area contributed by atoms with E-state index in [9.17, 15) is 21.6 Å². The van der Waals surface area contributed by atoms with E-state index >= 15 is 0 Å². The van der Waals surface area contributed by atoms with Crippen molar-refractivity contribution < 1.29 is 26.0 Å². The number of hydrogen-bond acceptors (Lipinski definition) is 8. The molecule has 0 bridgehead atoms. The van der Waals surface area contributed by atoms with Crippen LogP contribution in [0.25, 0.3) is 11.5 Å². The first-order chi connectivity index (χ1) is 17.4. The molecule has 1 fully saturated rings. The molecule has 11 nitrogen and oxygen atoms in total. The number of amides is 1. The summed E-state index contributed by atoms with van der Waals surface area (Å²) in [7, 11) is -4.34. The van der Waals surface area contributed by atoms with Crippen molar-refractivity contribution in [2.24, 2.45) is 11.8 Å². The maximum absolute atomic E-state index is 13.1. The van der Waals surface area contributed by atoms with Crippen molar-refractivity contribution in [1.29, 1.82) is 0 Å². The number of nitrogens with zero attached hydrogens (tertiary/aromatic N) is 4. The third-order valence-electron chi connectivity index (χ3n) is 6.11. The molecule has 1 amide bonds. The normalized spacial score (nSPS) is 19.2. The Balaban J connectivity index is 1.44. The summed E-state index contributed by atoms with van der Waals surface area (Å²) in [5, 5.41) is 10.2. The number of carbonyl (C=O) groups is 1. The van der Waals surface area contributed by atoms with Crippen LogP contribution in [0.3, 0.4) is 0 Å². The van der Waals surface area contributed by atoms with Crippen LogP contribution in [0.5, 0.6) is 0 Å². The second kappa shape index (κ2) is 10.3. The second-order valence-corrected chi connectivity index (χ2v) is 13.6. The Morgan fingerprint density at radius 1 is 0.919 bits per heavy atom. The van der Waals surface area contributed by atoms with Gasteiger partial charge in [0, 0.05) is 38.3 Å². The lowest BCUT2D eigenvalue weighted by Crippen LogP contribution is -2.42. The summed E-state index contributed by atoms with van der Waals surface area (Å²) in [6, 6.07) is 11.4. The fourth-order valence-electron chi connectivity index (χ4n) is 4.27. The summed E-state index contributed by atoms with van der Waals surface area (Å²) in [5.41, 5.74) is 0.693. The summed E-state index contributed by atoms with van der Waals surface area (Å²) in [6.45, 7) is 5.03. The van der Waals surface area contributed by atoms with E-state index in [1.807, 2.05) is 13.8 Å². The molecule has 2 heterocycles. The molecule has 2 aromatic carbocycles. The van der Waals surface area contributed by atoms with E-state index in [4.69, 9.17) is 4.42 Å². The fraction of sp³-hybridized carbons (Fsp3) is 0.375. The number of carbonyl (C=O) groups excluding carboxylic acids is 1. The van der Waals surface area contributed by atoms with Gasteiger partial charge in [-0.25, -0.2) is 21.1 Å².